The van der Waals surface area contributed by atoms with E-state index in [9.17, 15) is 4.79 Å². The van der Waals surface area contributed by atoms with Crippen LogP contribution in [0.15, 0.2) is 11.4 Å². The molecule has 0 bridgehead atoms. The highest BCUT2D eigenvalue weighted by Gasteiger charge is 2.68. The molecule has 5 fully saturated rings. The lowest BCUT2D eigenvalue weighted by atomic mass is 9.43. The molecule has 7 heteroatoms. The molecular formula is C32H53FO5Si. The topological polar surface area (TPSA) is 54.0 Å². The molecule has 222 valence electrons. The molecule has 1 aliphatic heterocycles. The normalized spacial score (nSPS) is 44.6. The van der Waals surface area contributed by atoms with Gasteiger partial charge in [-0.1, -0.05) is 34.6 Å². The van der Waals surface area contributed by atoms with Crippen LogP contribution in [0, 0.1) is 34.5 Å². The van der Waals surface area contributed by atoms with E-state index in [1.54, 1.807) is 6.92 Å². The Morgan fingerprint density at radius 1 is 1.00 bits per heavy atom. The van der Waals surface area contributed by atoms with Crippen molar-refractivity contribution in [2.75, 3.05) is 6.61 Å². The molecule has 0 aromatic rings. The number of carbonyl (C=O) groups is 1. The lowest BCUT2D eigenvalue weighted by molar-refractivity contribution is -0.181. The summed E-state index contributed by atoms with van der Waals surface area (Å²) < 4.78 is 41.1. The number of hydrogen-bond acceptors (Lipinski definition) is 5. The van der Waals surface area contributed by atoms with Crippen molar-refractivity contribution >= 4 is 14.3 Å². The van der Waals surface area contributed by atoms with E-state index in [-0.39, 0.29) is 46.7 Å². The summed E-state index contributed by atoms with van der Waals surface area (Å²) in [5, 5.41) is 0.184. The molecule has 0 aromatic heterocycles. The highest BCUT2D eigenvalue weighted by molar-refractivity contribution is 6.74. The van der Waals surface area contributed by atoms with Crippen LogP contribution < -0.4 is 0 Å². The molecule has 9 atom stereocenters. The maximum absolute atomic E-state index is 15.5. The molecule has 1 heterocycles. The second-order valence-electron chi connectivity index (χ2n) is 15.7. The Balaban J connectivity index is 1.48. The molecule has 4 unspecified atom stereocenters. The molecular weight excluding hydrogens is 511 g/mol. The van der Waals surface area contributed by atoms with Crippen molar-refractivity contribution in [2.45, 2.75) is 143 Å². The molecule has 5 rings (SSSR count). The summed E-state index contributed by atoms with van der Waals surface area (Å²) in [6.45, 7) is 22.4. The van der Waals surface area contributed by atoms with Crippen LogP contribution in [-0.4, -0.2) is 45.0 Å². The smallest absolute Gasteiger partial charge is 0.367 e. The monoisotopic (exact) mass is 564 g/mol. The first-order chi connectivity index (χ1) is 18.0. The predicted molar refractivity (Wildman–Crippen MR) is 153 cm³/mol. The molecule has 0 aromatic carbocycles. The van der Waals surface area contributed by atoms with Crippen LogP contribution in [0.1, 0.15) is 100 Å². The van der Waals surface area contributed by atoms with Gasteiger partial charge in [-0.3, -0.25) is 0 Å². The van der Waals surface area contributed by atoms with Crippen LogP contribution in [0.2, 0.25) is 18.1 Å². The largest absolute Gasteiger partial charge is 0.461 e. The summed E-state index contributed by atoms with van der Waals surface area (Å²) in [5.74, 6) is -0.642. The van der Waals surface area contributed by atoms with Crippen molar-refractivity contribution < 1.29 is 27.8 Å². The molecule has 0 radical (unpaired) electrons. The Kier molecular flexibility index (Phi) is 7.34. The van der Waals surface area contributed by atoms with Crippen molar-refractivity contribution in [2.24, 2.45) is 34.5 Å². The number of esters is 1. The zero-order chi connectivity index (χ0) is 28.8. The van der Waals surface area contributed by atoms with Crippen LogP contribution >= 0.6 is 0 Å². The average Bonchev–Trinajstić information content (AvgIpc) is 3.34. The fourth-order valence-corrected chi connectivity index (χ4v) is 10.7. The molecule has 0 amide bonds. The van der Waals surface area contributed by atoms with Gasteiger partial charge in [-0.25, -0.2) is 4.79 Å². The van der Waals surface area contributed by atoms with Gasteiger partial charge in [-0.15, -0.1) is 0 Å². The highest BCUT2D eigenvalue weighted by atomic mass is 28.4. The molecule has 1 saturated heterocycles. The number of fused-ring (bicyclic) bond motifs is 8. The maximum Gasteiger partial charge on any atom is 0.367 e. The standard InChI is InChI=1S/C32H53FO5Si/c1-11-35-28(34)25(33)22-13-12-20-24-21(15-17-31(20,22)7)32(8)16-14-19(38-39(9,10)29(2,3)4)18-23(32)26-27(24)37-30(5,6)36-26/h19-21,23-24,26-27H,11-18H2,1-10H3/b25-22+/t19-,20?,21?,23?,24?,26+,27+,31-,32+/m0/s1. The van der Waals surface area contributed by atoms with E-state index in [2.05, 4.69) is 47.7 Å². The van der Waals surface area contributed by atoms with Crippen molar-refractivity contribution in [3.05, 3.63) is 11.4 Å². The van der Waals surface area contributed by atoms with Gasteiger partial charge in [0.15, 0.2) is 14.1 Å². The summed E-state index contributed by atoms with van der Waals surface area (Å²) in [6.07, 6.45) is 6.98. The average molecular weight is 565 g/mol. The molecule has 4 aliphatic carbocycles. The van der Waals surface area contributed by atoms with Gasteiger partial charge in [0.1, 0.15) is 0 Å². The second-order valence-corrected chi connectivity index (χ2v) is 20.5. The van der Waals surface area contributed by atoms with Crippen molar-refractivity contribution in [3.8, 4) is 0 Å². The molecule has 0 N–H and O–H groups in total. The van der Waals surface area contributed by atoms with Crippen LogP contribution in [0.3, 0.4) is 0 Å². The third-order valence-corrected chi connectivity index (χ3v) is 16.8. The van der Waals surface area contributed by atoms with Crippen molar-refractivity contribution in [1.29, 1.82) is 0 Å². The quantitative estimate of drug-likeness (QED) is 0.197. The Morgan fingerprint density at radius 3 is 2.31 bits per heavy atom. The summed E-state index contributed by atoms with van der Waals surface area (Å²) in [7, 11) is -1.88. The summed E-state index contributed by atoms with van der Waals surface area (Å²) in [4.78, 5) is 12.4. The maximum atomic E-state index is 15.5. The van der Waals surface area contributed by atoms with E-state index < -0.39 is 25.9 Å². The predicted octanol–water partition coefficient (Wildman–Crippen LogP) is 7.95. The number of allylic oxidation sites excluding steroid dienone is 1. The first kappa shape index (κ1) is 29.7. The van der Waals surface area contributed by atoms with Gasteiger partial charge in [0, 0.05) is 6.10 Å². The van der Waals surface area contributed by atoms with Gasteiger partial charge < -0.3 is 18.6 Å². The van der Waals surface area contributed by atoms with Crippen LogP contribution in [-0.2, 0) is 23.4 Å². The first-order valence-corrected chi connectivity index (χ1v) is 18.5. The highest BCUT2D eigenvalue weighted by Crippen LogP contribution is 2.70. The van der Waals surface area contributed by atoms with Crippen molar-refractivity contribution in [1.82, 2.24) is 0 Å². The zero-order valence-electron chi connectivity index (χ0n) is 26.1. The Hall–Kier alpha value is -0.763. The lowest BCUT2D eigenvalue weighted by Gasteiger charge is -2.63. The van der Waals surface area contributed by atoms with Gasteiger partial charge in [-0.2, -0.15) is 4.39 Å². The SMILES string of the molecule is CCOC(=O)/C(F)=C1/CCC2C3C(CC[C@]12C)[C@@]1(C)CC[C@H](O[Si](C)(C)C(C)(C)C)CC1[C@H]1OC(C)(C)O[C@H]31. The van der Waals surface area contributed by atoms with Gasteiger partial charge in [-0.05, 0) is 124 Å². The Bertz CT molecular complexity index is 1020. The molecule has 0 spiro atoms. The second kappa shape index (κ2) is 9.64. The first-order valence-electron chi connectivity index (χ1n) is 15.5. The third kappa shape index (κ3) is 4.69. The van der Waals surface area contributed by atoms with Crippen LogP contribution in [0.25, 0.3) is 0 Å². The van der Waals surface area contributed by atoms with E-state index in [4.69, 9.17) is 18.6 Å². The summed E-state index contributed by atoms with van der Waals surface area (Å²) in [5.41, 5.74) is 0.471. The fourth-order valence-electron chi connectivity index (χ4n) is 9.34. The van der Waals surface area contributed by atoms with E-state index in [0.29, 0.717) is 29.7 Å². The molecule has 5 nitrogen and oxygen atoms in total. The minimum Gasteiger partial charge on any atom is -0.461 e. The lowest BCUT2D eigenvalue weighted by Crippen LogP contribution is -2.63. The van der Waals surface area contributed by atoms with Crippen LogP contribution in [0.5, 0.6) is 0 Å². The van der Waals surface area contributed by atoms with Crippen molar-refractivity contribution in [3.63, 3.8) is 0 Å². The van der Waals surface area contributed by atoms with E-state index in [0.717, 1.165) is 38.5 Å². The van der Waals surface area contributed by atoms with E-state index in [1.165, 1.54) is 0 Å². The summed E-state index contributed by atoms with van der Waals surface area (Å²) >= 11 is 0. The van der Waals surface area contributed by atoms with E-state index >= 15 is 4.39 Å². The van der Waals surface area contributed by atoms with Gasteiger partial charge in [0.2, 0.25) is 5.83 Å². The number of hydrogen-bond donors (Lipinski definition) is 0. The number of ether oxygens (including phenoxy) is 3. The Morgan fingerprint density at radius 2 is 1.67 bits per heavy atom. The number of rotatable bonds is 4. The third-order valence-electron chi connectivity index (χ3n) is 12.3. The van der Waals surface area contributed by atoms with E-state index in [1.807, 2.05) is 13.8 Å². The summed E-state index contributed by atoms with van der Waals surface area (Å²) in [6, 6.07) is 0. The Labute approximate surface area is 237 Å². The van der Waals surface area contributed by atoms with Gasteiger partial charge in [0.25, 0.3) is 0 Å². The molecule has 5 aliphatic rings. The minimum absolute atomic E-state index is 0.00988. The van der Waals surface area contributed by atoms with Gasteiger partial charge >= 0.3 is 5.97 Å². The van der Waals surface area contributed by atoms with Crippen LogP contribution in [0.4, 0.5) is 4.39 Å². The molecule has 4 saturated carbocycles. The number of carbonyl (C=O) groups excluding carboxylic acids is 1. The zero-order valence-corrected chi connectivity index (χ0v) is 27.1. The molecule has 39 heavy (non-hydrogen) atoms. The number of halogens is 1. The van der Waals surface area contributed by atoms with Gasteiger partial charge in [0.05, 0.1) is 18.8 Å². The minimum atomic E-state index is -1.88. The fraction of sp³-hybridized carbons (Fsp3) is 0.906.